The second kappa shape index (κ2) is 5.43. The zero-order chi connectivity index (χ0) is 11.4. The molecule has 1 unspecified atom stereocenters. The van der Waals surface area contributed by atoms with E-state index in [1.807, 2.05) is 17.8 Å². The van der Waals surface area contributed by atoms with Gasteiger partial charge in [0.1, 0.15) is 0 Å². The number of aliphatic hydroxyl groups is 1. The highest BCUT2D eigenvalue weighted by Crippen LogP contribution is 2.13. The molecule has 5 nitrogen and oxygen atoms in total. The van der Waals surface area contributed by atoms with Crippen LogP contribution >= 0.6 is 0 Å². The molecule has 1 aromatic rings. The van der Waals surface area contributed by atoms with Gasteiger partial charge in [0.05, 0.1) is 25.5 Å². The van der Waals surface area contributed by atoms with Crippen molar-refractivity contribution in [1.82, 2.24) is 9.78 Å². The van der Waals surface area contributed by atoms with Crippen LogP contribution < -0.4 is 0 Å². The summed E-state index contributed by atoms with van der Waals surface area (Å²) in [5.41, 5.74) is 1.05. The van der Waals surface area contributed by atoms with E-state index >= 15 is 0 Å². The molecule has 2 heterocycles. The van der Waals surface area contributed by atoms with Crippen molar-refractivity contribution in [2.24, 2.45) is 0 Å². The zero-order valence-corrected chi connectivity index (χ0v) is 9.50. The topological polar surface area (TPSA) is 56.5 Å². The molecule has 0 radical (unpaired) electrons. The number of aromatic nitrogens is 2. The maximum atomic E-state index is 9.85. The highest BCUT2D eigenvalue weighted by molar-refractivity contribution is 5.05. The summed E-state index contributed by atoms with van der Waals surface area (Å²) in [4.78, 5) is 0. The molecule has 0 aliphatic carbocycles. The molecule has 1 N–H and O–H groups in total. The van der Waals surface area contributed by atoms with Crippen molar-refractivity contribution >= 4 is 0 Å². The average molecular weight is 226 g/mol. The van der Waals surface area contributed by atoms with Crippen LogP contribution in [0.2, 0.25) is 0 Å². The van der Waals surface area contributed by atoms with Crippen LogP contribution in [0, 0.1) is 0 Å². The summed E-state index contributed by atoms with van der Waals surface area (Å²) in [5.74, 6) is 0. The van der Waals surface area contributed by atoms with Crippen molar-refractivity contribution in [3.8, 4) is 0 Å². The molecule has 2 rings (SSSR count). The summed E-state index contributed by atoms with van der Waals surface area (Å²) in [6, 6.07) is 0. The van der Waals surface area contributed by atoms with Gasteiger partial charge >= 0.3 is 0 Å². The van der Waals surface area contributed by atoms with Crippen molar-refractivity contribution in [2.45, 2.75) is 38.7 Å². The van der Waals surface area contributed by atoms with E-state index in [-0.39, 0.29) is 6.29 Å². The molecule has 16 heavy (non-hydrogen) atoms. The van der Waals surface area contributed by atoms with Gasteiger partial charge in [-0.05, 0) is 12.5 Å². The first-order valence-corrected chi connectivity index (χ1v) is 5.70. The van der Waals surface area contributed by atoms with E-state index in [4.69, 9.17) is 9.47 Å². The molecule has 0 aromatic carbocycles. The molecule has 1 fully saturated rings. The number of rotatable bonds is 5. The minimum Gasteiger partial charge on any atom is -0.393 e. The van der Waals surface area contributed by atoms with Gasteiger partial charge in [0.15, 0.2) is 6.29 Å². The highest BCUT2D eigenvalue weighted by Gasteiger charge is 2.20. The maximum absolute atomic E-state index is 9.85. The first-order valence-electron chi connectivity index (χ1n) is 5.70. The zero-order valence-electron chi connectivity index (χ0n) is 9.50. The van der Waals surface area contributed by atoms with Crippen molar-refractivity contribution < 1.29 is 14.6 Å². The molecule has 5 heteroatoms. The van der Waals surface area contributed by atoms with Crippen LogP contribution in [0.25, 0.3) is 0 Å². The standard InChI is InChI=1S/C11H18N2O3/c1-2-13-8-9(7-12-13)5-10(14)6-11-15-3-4-16-11/h7-8,10-11,14H,2-6H2,1H3. The lowest BCUT2D eigenvalue weighted by Crippen LogP contribution is -2.20. The Balaban J connectivity index is 1.79. The van der Waals surface area contributed by atoms with Crippen LogP contribution in [0.15, 0.2) is 12.4 Å². The Morgan fingerprint density at radius 2 is 2.31 bits per heavy atom. The lowest BCUT2D eigenvalue weighted by molar-refractivity contribution is -0.0698. The third-order valence-electron chi connectivity index (χ3n) is 2.64. The molecule has 90 valence electrons. The summed E-state index contributed by atoms with van der Waals surface area (Å²) in [5, 5.41) is 14.0. The summed E-state index contributed by atoms with van der Waals surface area (Å²) >= 11 is 0. The minimum atomic E-state index is -0.433. The molecule has 0 spiro atoms. The number of aryl methyl sites for hydroxylation is 1. The third-order valence-corrected chi connectivity index (χ3v) is 2.64. The smallest absolute Gasteiger partial charge is 0.160 e. The summed E-state index contributed by atoms with van der Waals surface area (Å²) in [6.07, 6.45) is 4.21. The van der Waals surface area contributed by atoms with Crippen LogP contribution in [0.1, 0.15) is 18.9 Å². The number of aliphatic hydroxyl groups excluding tert-OH is 1. The maximum Gasteiger partial charge on any atom is 0.160 e. The Kier molecular flexibility index (Phi) is 3.93. The predicted octanol–water partition coefficient (Wildman–Crippen LogP) is 0.569. The van der Waals surface area contributed by atoms with E-state index in [1.54, 1.807) is 6.20 Å². The molecule has 1 saturated heterocycles. The van der Waals surface area contributed by atoms with Crippen LogP contribution in [-0.4, -0.2) is 40.5 Å². The molecule has 1 aromatic heterocycles. The molecular formula is C11H18N2O3. The van der Waals surface area contributed by atoms with E-state index < -0.39 is 6.10 Å². The number of hydrogen-bond acceptors (Lipinski definition) is 4. The SMILES string of the molecule is CCn1cc(CC(O)CC2OCCO2)cn1. The highest BCUT2D eigenvalue weighted by atomic mass is 16.7. The molecule has 1 aliphatic rings. The van der Waals surface area contributed by atoms with Crippen LogP contribution in [0.4, 0.5) is 0 Å². The number of ether oxygens (including phenoxy) is 2. The van der Waals surface area contributed by atoms with E-state index in [1.165, 1.54) is 0 Å². The Morgan fingerprint density at radius 3 is 2.94 bits per heavy atom. The number of nitrogens with zero attached hydrogens (tertiary/aromatic N) is 2. The van der Waals surface area contributed by atoms with Crippen molar-refractivity contribution in [2.75, 3.05) is 13.2 Å². The van der Waals surface area contributed by atoms with E-state index in [0.717, 1.165) is 12.1 Å². The second-order valence-electron chi connectivity index (χ2n) is 3.97. The summed E-state index contributed by atoms with van der Waals surface area (Å²) in [7, 11) is 0. The Bertz CT molecular complexity index is 321. The second-order valence-corrected chi connectivity index (χ2v) is 3.97. The van der Waals surface area contributed by atoms with Gasteiger partial charge in [-0.3, -0.25) is 4.68 Å². The molecule has 1 aliphatic heterocycles. The quantitative estimate of drug-likeness (QED) is 0.797. The van der Waals surface area contributed by atoms with Gasteiger partial charge in [0.25, 0.3) is 0 Å². The van der Waals surface area contributed by atoms with Gasteiger partial charge in [-0.1, -0.05) is 0 Å². The van der Waals surface area contributed by atoms with Gasteiger partial charge in [0.2, 0.25) is 0 Å². The largest absolute Gasteiger partial charge is 0.393 e. The van der Waals surface area contributed by atoms with Crippen molar-refractivity contribution in [3.05, 3.63) is 18.0 Å². The normalized spacial score (nSPS) is 19.1. The predicted molar refractivity (Wildman–Crippen MR) is 57.9 cm³/mol. The number of hydrogen-bond donors (Lipinski definition) is 1. The summed E-state index contributed by atoms with van der Waals surface area (Å²) in [6.45, 7) is 4.15. The minimum absolute atomic E-state index is 0.240. The molecule has 0 amide bonds. The first kappa shape index (κ1) is 11.6. The first-order chi connectivity index (χ1) is 7.78. The Hall–Kier alpha value is -0.910. The van der Waals surface area contributed by atoms with Crippen LogP contribution in [0.3, 0.4) is 0 Å². The lowest BCUT2D eigenvalue weighted by atomic mass is 10.1. The molecule has 1 atom stereocenters. The van der Waals surface area contributed by atoms with E-state index in [0.29, 0.717) is 26.1 Å². The van der Waals surface area contributed by atoms with Crippen LogP contribution in [-0.2, 0) is 22.4 Å². The Labute approximate surface area is 95.0 Å². The van der Waals surface area contributed by atoms with Crippen molar-refractivity contribution in [3.63, 3.8) is 0 Å². The van der Waals surface area contributed by atoms with Gasteiger partial charge in [-0.25, -0.2) is 0 Å². The average Bonchev–Trinajstić information content (AvgIpc) is 2.89. The molecular weight excluding hydrogens is 208 g/mol. The fourth-order valence-corrected chi connectivity index (χ4v) is 1.81. The fraction of sp³-hybridized carbons (Fsp3) is 0.727. The molecule has 0 saturated carbocycles. The summed E-state index contributed by atoms with van der Waals surface area (Å²) < 4.78 is 12.4. The molecule has 0 bridgehead atoms. The van der Waals surface area contributed by atoms with Gasteiger partial charge < -0.3 is 14.6 Å². The monoisotopic (exact) mass is 226 g/mol. The fourth-order valence-electron chi connectivity index (χ4n) is 1.81. The van der Waals surface area contributed by atoms with E-state index in [9.17, 15) is 5.11 Å². The lowest BCUT2D eigenvalue weighted by Gasteiger charge is -2.13. The van der Waals surface area contributed by atoms with Gasteiger partial charge in [-0.2, -0.15) is 5.10 Å². The van der Waals surface area contributed by atoms with Crippen LogP contribution in [0.5, 0.6) is 0 Å². The van der Waals surface area contributed by atoms with E-state index in [2.05, 4.69) is 5.10 Å². The van der Waals surface area contributed by atoms with Gasteiger partial charge in [-0.15, -0.1) is 0 Å². The van der Waals surface area contributed by atoms with Gasteiger partial charge in [0, 0.05) is 25.6 Å². The van der Waals surface area contributed by atoms with Crippen molar-refractivity contribution in [1.29, 1.82) is 0 Å². The Morgan fingerprint density at radius 1 is 1.56 bits per heavy atom. The third kappa shape index (κ3) is 3.04.